The van der Waals surface area contributed by atoms with Crippen LogP contribution in [0.1, 0.15) is 35.6 Å². The topological polar surface area (TPSA) is 109 Å². The van der Waals surface area contributed by atoms with Gasteiger partial charge in [0, 0.05) is 11.4 Å². The molecule has 32 heavy (non-hydrogen) atoms. The first-order chi connectivity index (χ1) is 15.4. The van der Waals surface area contributed by atoms with Crippen LogP contribution in [0.25, 0.3) is 0 Å². The molecule has 1 unspecified atom stereocenters. The molecule has 3 aliphatic rings. The Morgan fingerprint density at radius 2 is 1.72 bits per heavy atom. The minimum atomic E-state index is -1.42. The van der Waals surface area contributed by atoms with Crippen molar-refractivity contribution in [1.29, 1.82) is 0 Å². The normalized spacial score (nSPS) is 36.0. The Labute approximate surface area is 191 Å². The maximum Gasteiger partial charge on any atom is 0.200 e. The highest BCUT2D eigenvalue weighted by Crippen LogP contribution is 2.45. The van der Waals surface area contributed by atoms with Crippen LogP contribution in [0.2, 0.25) is 5.02 Å². The zero-order valence-electron chi connectivity index (χ0n) is 17.4. The van der Waals surface area contributed by atoms with Gasteiger partial charge in [0.25, 0.3) is 0 Å². The summed E-state index contributed by atoms with van der Waals surface area (Å²) in [6.45, 7) is -0.469. The fourth-order valence-corrected chi connectivity index (χ4v) is 4.73. The predicted octanol–water partition coefficient (Wildman–Crippen LogP) is 1.96. The van der Waals surface area contributed by atoms with Gasteiger partial charge in [-0.3, -0.25) is 0 Å². The Morgan fingerprint density at radius 3 is 2.41 bits per heavy atom. The first-order valence-corrected chi connectivity index (χ1v) is 11.3. The van der Waals surface area contributed by atoms with Crippen LogP contribution in [0.3, 0.4) is 0 Å². The van der Waals surface area contributed by atoms with Crippen LogP contribution in [0, 0.1) is 5.92 Å². The highest BCUT2D eigenvalue weighted by atomic mass is 35.5. The molecule has 8 atom stereocenters. The van der Waals surface area contributed by atoms with Crippen molar-refractivity contribution in [3.05, 3.63) is 64.2 Å². The fraction of sp³-hybridized carbons (Fsp3) is 0.500. The van der Waals surface area contributed by atoms with Crippen molar-refractivity contribution in [2.75, 3.05) is 6.61 Å². The lowest BCUT2D eigenvalue weighted by Crippen LogP contribution is -2.55. The van der Waals surface area contributed by atoms with E-state index >= 15 is 0 Å². The second-order valence-electron chi connectivity index (χ2n) is 8.87. The molecule has 2 aliphatic heterocycles. The zero-order valence-corrected chi connectivity index (χ0v) is 18.1. The third kappa shape index (κ3) is 4.39. The van der Waals surface area contributed by atoms with Crippen LogP contribution in [-0.4, -0.2) is 63.8 Å². The molecule has 0 amide bonds. The molecule has 0 radical (unpaired) electrons. The van der Waals surface area contributed by atoms with E-state index in [0.717, 1.165) is 29.7 Å². The third-order valence-electron chi connectivity index (χ3n) is 6.56. The van der Waals surface area contributed by atoms with Gasteiger partial charge < -0.3 is 34.6 Å². The summed E-state index contributed by atoms with van der Waals surface area (Å²) in [7, 11) is 0. The first kappa shape index (κ1) is 22.1. The van der Waals surface area contributed by atoms with E-state index < -0.39 is 37.1 Å². The van der Waals surface area contributed by atoms with E-state index in [2.05, 4.69) is 0 Å². The van der Waals surface area contributed by atoms with Gasteiger partial charge in [0.05, 0.1) is 12.7 Å². The van der Waals surface area contributed by atoms with Gasteiger partial charge >= 0.3 is 0 Å². The predicted molar refractivity (Wildman–Crippen MR) is 115 cm³/mol. The third-order valence-corrected chi connectivity index (χ3v) is 6.92. The SMILES string of the molecule is OC[C@H]1OC(c2ccc(Cl)c(Cc3ccc(O[C@H]4C[C@@H]5C[C@@H]5O4)cc3)c2)[C@H](O)[C@@H](O)[C@@H]1O. The molecule has 2 heterocycles. The molecule has 5 rings (SSSR count). The van der Waals surface area contributed by atoms with Crippen molar-refractivity contribution < 1.29 is 34.6 Å². The Hall–Kier alpha value is -1.71. The number of hydrogen-bond donors (Lipinski definition) is 4. The molecule has 2 aromatic rings. The van der Waals surface area contributed by atoms with Gasteiger partial charge in [0.1, 0.15) is 36.3 Å². The Balaban J connectivity index is 1.28. The summed E-state index contributed by atoms with van der Waals surface area (Å²) >= 11 is 6.42. The maximum atomic E-state index is 10.4. The summed E-state index contributed by atoms with van der Waals surface area (Å²) in [6, 6.07) is 13.0. The van der Waals surface area contributed by atoms with Crippen LogP contribution >= 0.6 is 11.6 Å². The van der Waals surface area contributed by atoms with Crippen LogP contribution < -0.4 is 4.74 Å². The number of aliphatic hydroxyl groups is 4. The molecule has 3 fully saturated rings. The lowest BCUT2D eigenvalue weighted by Gasteiger charge is -2.40. The molecule has 2 saturated heterocycles. The van der Waals surface area contributed by atoms with E-state index in [9.17, 15) is 20.4 Å². The van der Waals surface area contributed by atoms with E-state index in [1.165, 1.54) is 0 Å². The van der Waals surface area contributed by atoms with Gasteiger partial charge in [0.2, 0.25) is 0 Å². The smallest absolute Gasteiger partial charge is 0.200 e. The standard InChI is InChI=1S/C24H27ClO7/c25-17-6-3-13(24-23(29)22(28)21(27)19(11-26)32-24)8-14(17)7-12-1-4-16(5-2-12)30-20-10-15-9-18(15)31-20/h1-6,8,15,18-24,26-29H,7,9-11H2/t15-,18-,19+,20+,21+,22-,23+,24?/m0/s1. The van der Waals surface area contributed by atoms with Crippen LogP contribution in [0.5, 0.6) is 5.75 Å². The van der Waals surface area contributed by atoms with Gasteiger partial charge in [-0.25, -0.2) is 0 Å². The number of ether oxygens (including phenoxy) is 3. The van der Waals surface area contributed by atoms with Gasteiger partial charge in [-0.1, -0.05) is 35.9 Å². The Kier molecular flexibility index (Phi) is 6.15. The largest absolute Gasteiger partial charge is 0.465 e. The van der Waals surface area contributed by atoms with Crippen LogP contribution in [-0.2, 0) is 15.9 Å². The summed E-state index contributed by atoms with van der Waals surface area (Å²) in [4.78, 5) is 0. The highest BCUT2D eigenvalue weighted by molar-refractivity contribution is 6.31. The zero-order chi connectivity index (χ0) is 22.4. The molecular formula is C24H27ClO7. The summed E-state index contributed by atoms with van der Waals surface area (Å²) in [5.74, 6) is 1.43. The van der Waals surface area contributed by atoms with E-state index in [1.54, 1.807) is 12.1 Å². The van der Waals surface area contributed by atoms with Crippen molar-refractivity contribution in [3.63, 3.8) is 0 Å². The van der Waals surface area contributed by atoms with Crippen molar-refractivity contribution >= 4 is 11.6 Å². The van der Waals surface area contributed by atoms with E-state index in [-0.39, 0.29) is 6.29 Å². The lowest BCUT2D eigenvalue weighted by molar-refractivity contribution is -0.231. The van der Waals surface area contributed by atoms with Crippen LogP contribution in [0.15, 0.2) is 42.5 Å². The highest BCUT2D eigenvalue weighted by Gasteiger charge is 2.48. The minimum absolute atomic E-state index is 0.158. The summed E-state index contributed by atoms with van der Waals surface area (Å²) in [5.41, 5.74) is 2.47. The van der Waals surface area contributed by atoms with E-state index in [1.807, 2.05) is 30.3 Å². The van der Waals surface area contributed by atoms with Gasteiger partial charge in [-0.2, -0.15) is 0 Å². The summed E-state index contributed by atoms with van der Waals surface area (Å²) < 4.78 is 17.3. The second-order valence-corrected chi connectivity index (χ2v) is 9.28. The molecule has 7 nitrogen and oxygen atoms in total. The fourth-order valence-electron chi connectivity index (χ4n) is 4.55. The molecular weight excluding hydrogens is 436 g/mol. The average Bonchev–Trinajstić information content (AvgIpc) is 3.41. The summed E-state index contributed by atoms with van der Waals surface area (Å²) in [6.07, 6.45) is -3.11. The first-order valence-electron chi connectivity index (χ1n) is 10.9. The quantitative estimate of drug-likeness (QED) is 0.519. The van der Waals surface area contributed by atoms with Crippen molar-refractivity contribution in [1.82, 2.24) is 0 Å². The van der Waals surface area contributed by atoms with Gasteiger partial charge in [0.15, 0.2) is 6.29 Å². The maximum absolute atomic E-state index is 10.4. The Bertz CT molecular complexity index is 940. The number of halogens is 1. The van der Waals surface area contributed by atoms with Gasteiger partial charge in [-0.05, 0) is 53.6 Å². The van der Waals surface area contributed by atoms with Crippen molar-refractivity contribution in [2.45, 2.75) is 62.2 Å². The monoisotopic (exact) mass is 462 g/mol. The Morgan fingerprint density at radius 1 is 0.938 bits per heavy atom. The molecule has 0 bridgehead atoms. The molecule has 8 heteroatoms. The summed E-state index contributed by atoms with van der Waals surface area (Å²) in [5, 5.41) is 40.5. The van der Waals surface area contributed by atoms with E-state index in [4.69, 9.17) is 25.8 Å². The average molecular weight is 463 g/mol. The van der Waals surface area contributed by atoms with Gasteiger partial charge in [-0.15, -0.1) is 0 Å². The van der Waals surface area contributed by atoms with Crippen LogP contribution in [0.4, 0.5) is 0 Å². The molecule has 0 aromatic heterocycles. The van der Waals surface area contributed by atoms with Crippen molar-refractivity contribution in [3.8, 4) is 5.75 Å². The number of rotatable bonds is 6. The number of aliphatic hydroxyl groups excluding tert-OH is 4. The number of fused-ring (bicyclic) bond motifs is 1. The molecule has 1 aliphatic carbocycles. The number of benzene rings is 2. The minimum Gasteiger partial charge on any atom is -0.465 e. The second kappa shape index (κ2) is 8.91. The molecule has 172 valence electrons. The molecule has 0 spiro atoms. The molecule has 2 aromatic carbocycles. The number of hydrogen-bond acceptors (Lipinski definition) is 7. The molecule has 4 N–H and O–H groups in total. The van der Waals surface area contributed by atoms with E-state index in [0.29, 0.717) is 29.0 Å². The molecule has 1 saturated carbocycles. The van der Waals surface area contributed by atoms with Crippen molar-refractivity contribution in [2.24, 2.45) is 5.92 Å². The lowest BCUT2D eigenvalue weighted by atomic mass is 9.90.